The summed E-state index contributed by atoms with van der Waals surface area (Å²) in [4.78, 5) is 79.5. The van der Waals surface area contributed by atoms with E-state index in [0.717, 1.165) is 11.1 Å². The van der Waals surface area contributed by atoms with Gasteiger partial charge in [0.2, 0.25) is 12.4 Å². The van der Waals surface area contributed by atoms with E-state index >= 15 is 0 Å². The molecule has 0 spiro atoms. The smallest absolute Gasteiger partial charge is 0.338 e. The molecule has 0 N–H and O–H groups in total. The second-order valence-electron chi connectivity index (χ2n) is 16.1. The quantitative estimate of drug-likeness (QED) is 0.0592. The summed E-state index contributed by atoms with van der Waals surface area (Å²) in [6.07, 6.45) is -8.48. The average molecular weight is 935 g/mol. The van der Waals surface area contributed by atoms with E-state index in [2.05, 4.69) is 0 Å². The van der Waals surface area contributed by atoms with Crippen molar-refractivity contribution in [2.45, 2.75) is 77.0 Å². The van der Waals surface area contributed by atoms with Crippen molar-refractivity contribution in [1.29, 1.82) is 0 Å². The summed E-state index contributed by atoms with van der Waals surface area (Å²) in [6, 6.07) is 45.3. The number of rotatable bonds is 18. The van der Waals surface area contributed by atoms with Gasteiger partial charge in [-0.2, -0.15) is 0 Å². The summed E-state index contributed by atoms with van der Waals surface area (Å²) >= 11 is 0. The Balaban J connectivity index is 1.34. The van der Waals surface area contributed by atoms with Crippen molar-refractivity contribution in [1.82, 2.24) is 0 Å². The van der Waals surface area contributed by atoms with Crippen molar-refractivity contribution in [3.8, 4) is 5.75 Å². The zero-order valence-corrected chi connectivity index (χ0v) is 38.1. The van der Waals surface area contributed by atoms with Gasteiger partial charge in [-0.25, -0.2) is 19.2 Å². The lowest BCUT2D eigenvalue weighted by atomic mass is 9.94. The van der Waals surface area contributed by atoms with Crippen LogP contribution in [-0.2, 0) is 62.2 Å². The first-order valence-corrected chi connectivity index (χ1v) is 22.2. The average Bonchev–Trinajstić information content (AvgIpc) is 3.36. The van der Waals surface area contributed by atoms with Crippen molar-refractivity contribution in [2.75, 3.05) is 6.61 Å². The molecule has 0 saturated carbocycles. The Labute approximate surface area is 399 Å². The second kappa shape index (κ2) is 23.6. The van der Waals surface area contributed by atoms with Gasteiger partial charge in [0.25, 0.3) is 0 Å². The van der Waals surface area contributed by atoms with Gasteiger partial charge in [0.1, 0.15) is 24.6 Å². The third kappa shape index (κ3) is 13.5. The van der Waals surface area contributed by atoms with E-state index in [1.807, 2.05) is 24.3 Å². The van der Waals surface area contributed by atoms with Crippen LogP contribution in [0.25, 0.3) is 0 Å². The number of hydrogen-bond donors (Lipinski definition) is 0. The molecule has 1 fully saturated rings. The summed E-state index contributed by atoms with van der Waals surface area (Å²) in [5.41, 5.74) is 3.57. The van der Waals surface area contributed by atoms with E-state index in [1.54, 1.807) is 103 Å². The summed E-state index contributed by atoms with van der Waals surface area (Å²) in [6.45, 7) is 4.27. The van der Waals surface area contributed by atoms with Crippen LogP contribution in [0.5, 0.6) is 5.75 Å². The van der Waals surface area contributed by atoms with E-state index in [4.69, 9.17) is 37.9 Å². The van der Waals surface area contributed by atoms with Crippen molar-refractivity contribution >= 4 is 35.8 Å². The maximum atomic E-state index is 14.2. The van der Waals surface area contributed by atoms with Crippen molar-refractivity contribution < 1.29 is 66.7 Å². The van der Waals surface area contributed by atoms with Gasteiger partial charge in [-0.3, -0.25) is 9.59 Å². The van der Waals surface area contributed by atoms with Crippen LogP contribution < -0.4 is 4.74 Å². The highest BCUT2D eigenvalue weighted by Crippen LogP contribution is 2.36. The van der Waals surface area contributed by atoms with Gasteiger partial charge in [-0.1, -0.05) is 109 Å². The summed E-state index contributed by atoms with van der Waals surface area (Å²) in [5.74, 6) is -3.98. The zero-order chi connectivity index (χ0) is 48.7. The van der Waals surface area contributed by atoms with Gasteiger partial charge in [0, 0.05) is 26.7 Å². The van der Waals surface area contributed by atoms with Crippen LogP contribution in [0.2, 0.25) is 0 Å². The number of ether oxygens (including phenoxy) is 8. The summed E-state index contributed by atoms with van der Waals surface area (Å²) < 4.78 is 48.8. The highest BCUT2D eigenvalue weighted by molar-refractivity contribution is 5.91. The van der Waals surface area contributed by atoms with E-state index in [0.29, 0.717) is 24.0 Å². The van der Waals surface area contributed by atoms with Gasteiger partial charge in [-0.15, -0.1) is 0 Å². The fraction of sp³-hybridized carbons (Fsp3) is 0.236. The molecule has 0 aliphatic carbocycles. The standard InChI is InChI=1S/C55H50O14/c1-35(64-51(58)41-16-8-4-9-17-41)47-48(66-52(59)42-18-10-5-11-19-42)49(67-53(60)43-20-12-6-13-21-43)50(68-54(61)44-22-14-7-15-23-44)55(69-47)65-46-33-40(34-63-37(3)57)28-29-45(46)32-39-26-24-38(25-27-39)30-31-62-36(2)56/h4-29,33,35,47-50,55H,30-32,34H2,1-3H3/t35-,47-,48-,49+,50-,55-/m1/s1. The van der Waals surface area contributed by atoms with Crippen LogP contribution in [0.1, 0.15) is 84.5 Å². The molecule has 354 valence electrons. The SMILES string of the molecule is CC(=O)OCCc1ccc(Cc2ccc(COC(C)=O)cc2O[C@@H]2O[C@H]([C@@H](C)OC(=O)c3ccccc3)[C@@H](OC(=O)c3ccccc3)[C@H](OC(=O)c3ccccc3)[C@H]2OC(=O)c2ccccc2)cc1. The number of hydrogen-bond acceptors (Lipinski definition) is 14. The van der Waals surface area contributed by atoms with Gasteiger partial charge in [0.05, 0.1) is 28.9 Å². The first-order chi connectivity index (χ1) is 33.4. The van der Waals surface area contributed by atoms with E-state index in [9.17, 15) is 28.8 Å². The third-order valence-corrected chi connectivity index (χ3v) is 11.0. The van der Waals surface area contributed by atoms with Crippen LogP contribution in [0.3, 0.4) is 0 Å². The topological polar surface area (TPSA) is 176 Å². The van der Waals surface area contributed by atoms with Gasteiger partial charge >= 0.3 is 35.8 Å². The minimum absolute atomic E-state index is 0.120. The molecule has 1 heterocycles. The van der Waals surface area contributed by atoms with E-state index in [1.165, 1.54) is 57.2 Å². The molecular formula is C55H50O14. The largest absolute Gasteiger partial charge is 0.466 e. The summed E-state index contributed by atoms with van der Waals surface area (Å²) in [5, 5.41) is 0. The van der Waals surface area contributed by atoms with Gasteiger partial charge in [0.15, 0.2) is 12.2 Å². The molecule has 69 heavy (non-hydrogen) atoms. The Morgan fingerprint density at radius 1 is 0.507 bits per heavy atom. The van der Waals surface area contributed by atoms with Crippen LogP contribution in [0.15, 0.2) is 164 Å². The highest BCUT2D eigenvalue weighted by atomic mass is 16.7. The number of carbonyl (C=O) groups is 6. The molecule has 0 aromatic heterocycles. The molecule has 0 bridgehead atoms. The Hall–Kier alpha value is -8.10. The van der Waals surface area contributed by atoms with Crippen molar-refractivity contribution in [2.24, 2.45) is 0 Å². The lowest BCUT2D eigenvalue weighted by Gasteiger charge is -2.45. The Morgan fingerprint density at radius 3 is 1.46 bits per heavy atom. The van der Waals surface area contributed by atoms with Crippen molar-refractivity contribution in [3.63, 3.8) is 0 Å². The molecule has 0 unspecified atom stereocenters. The highest BCUT2D eigenvalue weighted by Gasteiger charge is 2.56. The van der Waals surface area contributed by atoms with Crippen LogP contribution in [0, 0.1) is 0 Å². The van der Waals surface area contributed by atoms with Crippen LogP contribution in [-0.4, -0.2) is 79.2 Å². The van der Waals surface area contributed by atoms with Gasteiger partial charge < -0.3 is 37.9 Å². The second-order valence-corrected chi connectivity index (χ2v) is 16.1. The number of benzene rings is 6. The molecule has 1 aliphatic heterocycles. The predicted octanol–water partition coefficient (Wildman–Crippen LogP) is 8.47. The Kier molecular flexibility index (Phi) is 16.7. The fourth-order valence-electron chi connectivity index (χ4n) is 7.49. The number of esters is 6. The third-order valence-electron chi connectivity index (χ3n) is 11.0. The fourth-order valence-corrected chi connectivity index (χ4v) is 7.49. The maximum absolute atomic E-state index is 14.2. The molecule has 14 heteroatoms. The monoisotopic (exact) mass is 934 g/mol. The molecule has 0 radical (unpaired) electrons. The van der Waals surface area contributed by atoms with Gasteiger partial charge in [-0.05, 0) is 83.8 Å². The Morgan fingerprint density at radius 2 is 0.957 bits per heavy atom. The molecule has 6 aromatic carbocycles. The molecule has 1 saturated heterocycles. The van der Waals surface area contributed by atoms with E-state index in [-0.39, 0.29) is 47.2 Å². The minimum atomic E-state index is -1.67. The molecule has 14 nitrogen and oxygen atoms in total. The predicted molar refractivity (Wildman–Crippen MR) is 249 cm³/mol. The van der Waals surface area contributed by atoms with Crippen LogP contribution >= 0.6 is 0 Å². The number of carbonyl (C=O) groups excluding carboxylic acids is 6. The van der Waals surface area contributed by atoms with Crippen molar-refractivity contribution in [3.05, 3.63) is 208 Å². The molecule has 7 rings (SSSR count). The lowest BCUT2D eigenvalue weighted by molar-refractivity contribution is -0.284. The lowest BCUT2D eigenvalue weighted by Crippen LogP contribution is -2.65. The Bertz CT molecular complexity index is 2690. The zero-order valence-electron chi connectivity index (χ0n) is 38.1. The molecule has 1 aliphatic rings. The first kappa shape index (κ1) is 48.8. The molecule has 6 atom stereocenters. The minimum Gasteiger partial charge on any atom is -0.466 e. The maximum Gasteiger partial charge on any atom is 0.338 e. The normalized spacial score (nSPS) is 17.8. The molecular weight excluding hydrogens is 885 g/mol. The first-order valence-electron chi connectivity index (χ1n) is 22.2. The molecule has 0 amide bonds. The summed E-state index contributed by atoms with van der Waals surface area (Å²) in [7, 11) is 0. The van der Waals surface area contributed by atoms with E-state index < -0.39 is 66.7 Å². The van der Waals surface area contributed by atoms with Crippen LogP contribution in [0.4, 0.5) is 0 Å². The molecule has 6 aromatic rings.